The van der Waals surface area contributed by atoms with Gasteiger partial charge in [0.25, 0.3) is 0 Å². The summed E-state index contributed by atoms with van der Waals surface area (Å²) in [7, 11) is 0. The Morgan fingerprint density at radius 2 is 1.79 bits per heavy atom. The number of pyridine rings is 1. The highest BCUT2D eigenvalue weighted by Gasteiger charge is 2.33. The molecule has 0 aliphatic carbocycles. The molecule has 5 aromatic rings. The molecule has 2 aromatic heterocycles. The van der Waals surface area contributed by atoms with Crippen LogP contribution in [0.25, 0.3) is 33.0 Å². The predicted molar refractivity (Wildman–Crippen MR) is 125 cm³/mol. The Morgan fingerprint density at radius 3 is 2.62 bits per heavy atom. The lowest BCUT2D eigenvalue weighted by Crippen LogP contribution is -2.22. The Labute approximate surface area is 192 Å². The molecule has 1 atom stereocenters. The molecular formula is C27H17NO6. The van der Waals surface area contributed by atoms with Gasteiger partial charge in [-0.15, -0.1) is 0 Å². The zero-order valence-electron chi connectivity index (χ0n) is 17.7. The summed E-state index contributed by atoms with van der Waals surface area (Å²) in [6, 6.07) is 16.9. The molecule has 0 fully saturated rings. The van der Waals surface area contributed by atoms with E-state index in [0.29, 0.717) is 11.1 Å². The standard InChI is InChI=1S/C27H17NO6/c29-17-6-3-14(4-7-17)19-13-33-27-24-18(15-5-8-20-16(10-15)2-1-9-28-20)11-23(31)34-22(24)12-21(30)25(27)26(19)32/h1-10,12-13,18,29-30H,11H2. The number of ether oxygens (including phenoxy) is 1. The van der Waals surface area contributed by atoms with Crippen molar-refractivity contribution >= 4 is 27.8 Å². The molecule has 0 spiro atoms. The molecule has 7 heteroatoms. The largest absolute Gasteiger partial charge is 0.508 e. The number of carbonyl (C=O) groups excluding carboxylic acids is 1. The molecule has 2 N–H and O–H groups in total. The van der Waals surface area contributed by atoms with E-state index in [-0.39, 0.29) is 40.2 Å². The van der Waals surface area contributed by atoms with Crippen molar-refractivity contribution < 1.29 is 24.2 Å². The number of fused-ring (bicyclic) bond motifs is 4. The number of aromatic hydroxyl groups is 2. The van der Waals surface area contributed by atoms with Crippen LogP contribution >= 0.6 is 0 Å². The van der Waals surface area contributed by atoms with Crippen LogP contribution in [-0.2, 0) is 4.79 Å². The quantitative estimate of drug-likeness (QED) is 0.291. The van der Waals surface area contributed by atoms with Crippen LogP contribution in [0.4, 0.5) is 0 Å². The van der Waals surface area contributed by atoms with E-state index in [2.05, 4.69) is 4.98 Å². The fraction of sp³-hybridized carbons (Fsp3) is 0.0741. The van der Waals surface area contributed by atoms with Crippen molar-refractivity contribution in [1.29, 1.82) is 0 Å². The van der Waals surface area contributed by atoms with E-state index in [0.717, 1.165) is 16.5 Å². The monoisotopic (exact) mass is 451 g/mol. The molecule has 0 amide bonds. The third-order valence-corrected chi connectivity index (χ3v) is 6.18. The van der Waals surface area contributed by atoms with Gasteiger partial charge >= 0.3 is 5.97 Å². The Hall–Kier alpha value is -4.65. The molecule has 3 heterocycles. The molecule has 0 radical (unpaired) electrons. The Morgan fingerprint density at radius 1 is 0.971 bits per heavy atom. The molecule has 1 unspecified atom stereocenters. The predicted octanol–water partition coefficient (Wildman–Crippen LogP) is 4.86. The molecule has 0 saturated carbocycles. The van der Waals surface area contributed by atoms with Gasteiger partial charge in [0.05, 0.1) is 17.5 Å². The number of esters is 1. The summed E-state index contributed by atoms with van der Waals surface area (Å²) in [6.45, 7) is 0. The molecule has 1 aliphatic rings. The lowest BCUT2D eigenvalue weighted by Gasteiger charge is -2.26. The van der Waals surface area contributed by atoms with Gasteiger partial charge in [0.1, 0.15) is 34.5 Å². The normalized spacial score (nSPS) is 15.3. The highest BCUT2D eigenvalue weighted by molar-refractivity contribution is 5.94. The van der Waals surface area contributed by atoms with Crippen LogP contribution in [0.1, 0.15) is 23.5 Å². The van der Waals surface area contributed by atoms with E-state index < -0.39 is 17.3 Å². The van der Waals surface area contributed by atoms with Crippen LogP contribution < -0.4 is 10.2 Å². The Bertz CT molecular complexity index is 1670. The number of benzene rings is 3. The third-order valence-electron chi connectivity index (χ3n) is 6.18. The first-order valence-corrected chi connectivity index (χ1v) is 10.7. The highest BCUT2D eigenvalue weighted by Crippen LogP contribution is 2.46. The summed E-state index contributed by atoms with van der Waals surface area (Å²) < 4.78 is 11.4. The minimum absolute atomic E-state index is 0.00901. The van der Waals surface area contributed by atoms with Gasteiger partial charge in [-0.1, -0.05) is 24.3 Å². The first-order valence-electron chi connectivity index (χ1n) is 10.7. The van der Waals surface area contributed by atoms with Crippen molar-refractivity contribution in [2.45, 2.75) is 12.3 Å². The van der Waals surface area contributed by atoms with Crippen molar-refractivity contribution in [3.63, 3.8) is 0 Å². The number of hydrogen-bond donors (Lipinski definition) is 2. The maximum Gasteiger partial charge on any atom is 0.312 e. The van der Waals surface area contributed by atoms with Gasteiger partial charge in [0.15, 0.2) is 0 Å². The second-order valence-electron chi connectivity index (χ2n) is 8.22. The fourth-order valence-corrected chi connectivity index (χ4v) is 4.57. The van der Waals surface area contributed by atoms with Crippen molar-refractivity contribution in [3.05, 3.63) is 94.5 Å². The zero-order valence-corrected chi connectivity index (χ0v) is 17.7. The van der Waals surface area contributed by atoms with Crippen LogP contribution in [0.2, 0.25) is 0 Å². The topological polar surface area (TPSA) is 110 Å². The van der Waals surface area contributed by atoms with Gasteiger partial charge in [0, 0.05) is 29.1 Å². The third kappa shape index (κ3) is 3.09. The first-order chi connectivity index (χ1) is 16.5. The van der Waals surface area contributed by atoms with E-state index in [1.165, 1.54) is 24.5 Å². The number of phenolic OH excluding ortho intramolecular Hbond substituents is 2. The molecule has 6 rings (SSSR count). The number of rotatable bonds is 2. The average Bonchev–Trinajstić information content (AvgIpc) is 2.84. The van der Waals surface area contributed by atoms with E-state index in [1.54, 1.807) is 18.3 Å². The van der Waals surface area contributed by atoms with E-state index in [4.69, 9.17) is 9.15 Å². The fourth-order valence-electron chi connectivity index (χ4n) is 4.57. The average molecular weight is 451 g/mol. The minimum atomic E-state index is -0.439. The Kier molecular flexibility index (Phi) is 4.38. The summed E-state index contributed by atoms with van der Waals surface area (Å²) in [5, 5.41) is 21.2. The first kappa shape index (κ1) is 20.0. The number of aromatic nitrogens is 1. The van der Waals surface area contributed by atoms with Gasteiger partial charge in [-0.3, -0.25) is 14.6 Å². The van der Waals surface area contributed by atoms with Gasteiger partial charge < -0.3 is 19.4 Å². The van der Waals surface area contributed by atoms with Crippen molar-refractivity contribution in [3.8, 4) is 28.4 Å². The number of hydrogen-bond acceptors (Lipinski definition) is 7. The van der Waals surface area contributed by atoms with Crippen LogP contribution in [0.15, 0.2) is 82.3 Å². The molecule has 34 heavy (non-hydrogen) atoms. The maximum atomic E-state index is 13.4. The second kappa shape index (κ2) is 7.45. The van der Waals surface area contributed by atoms with Crippen LogP contribution in [0, 0.1) is 0 Å². The van der Waals surface area contributed by atoms with Gasteiger partial charge in [-0.05, 0) is 41.5 Å². The van der Waals surface area contributed by atoms with Crippen molar-refractivity contribution in [1.82, 2.24) is 4.98 Å². The van der Waals surface area contributed by atoms with E-state index in [9.17, 15) is 19.8 Å². The summed E-state index contributed by atoms with van der Waals surface area (Å²) in [5.41, 5.74) is 2.72. The number of phenols is 2. The van der Waals surface area contributed by atoms with Crippen LogP contribution in [0.5, 0.6) is 17.2 Å². The second-order valence-corrected chi connectivity index (χ2v) is 8.22. The minimum Gasteiger partial charge on any atom is -0.508 e. The highest BCUT2D eigenvalue weighted by atomic mass is 16.5. The molecular weight excluding hydrogens is 434 g/mol. The van der Waals surface area contributed by atoms with Gasteiger partial charge in [-0.25, -0.2) is 0 Å². The smallest absolute Gasteiger partial charge is 0.312 e. The van der Waals surface area contributed by atoms with Crippen LogP contribution in [0.3, 0.4) is 0 Å². The molecule has 0 bridgehead atoms. The lowest BCUT2D eigenvalue weighted by molar-refractivity contribution is -0.135. The summed E-state index contributed by atoms with van der Waals surface area (Å²) in [5.74, 6) is -0.976. The summed E-state index contributed by atoms with van der Waals surface area (Å²) >= 11 is 0. The zero-order chi connectivity index (χ0) is 23.4. The van der Waals surface area contributed by atoms with E-state index >= 15 is 0 Å². The van der Waals surface area contributed by atoms with E-state index in [1.807, 2.05) is 30.3 Å². The van der Waals surface area contributed by atoms with Crippen LogP contribution in [-0.4, -0.2) is 21.2 Å². The number of nitrogens with zero attached hydrogens (tertiary/aromatic N) is 1. The Balaban J connectivity index is 1.60. The summed E-state index contributed by atoms with van der Waals surface area (Å²) in [4.78, 5) is 30.2. The molecule has 1 aliphatic heterocycles. The molecule has 7 nitrogen and oxygen atoms in total. The lowest BCUT2D eigenvalue weighted by atomic mass is 9.84. The molecule has 3 aromatic carbocycles. The number of carbonyl (C=O) groups is 1. The van der Waals surface area contributed by atoms with Crippen molar-refractivity contribution in [2.24, 2.45) is 0 Å². The summed E-state index contributed by atoms with van der Waals surface area (Å²) in [6.07, 6.45) is 3.10. The maximum absolute atomic E-state index is 13.4. The van der Waals surface area contributed by atoms with Gasteiger partial charge in [0.2, 0.25) is 5.43 Å². The molecule has 166 valence electrons. The van der Waals surface area contributed by atoms with Gasteiger partial charge in [-0.2, -0.15) is 0 Å². The molecule has 0 saturated heterocycles. The SMILES string of the molecule is O=C1CC(c2ccc3ncccc3c2)c2c(cc(O)c3c(=O)c(-c4ccc(O)cc4)coc23)O1. The van der Waals surface area contributed by atoms with Crippen molar-refractivity contribution in [2.75, 3.05) is 0 Å².